The maximum absolute atomic E-state index is 15.7. The SMILES string of the molecule is CC1C(OCOC(C(F)(F)F)(C(F)(F)F)C2(F)CC3C=CC2C3)CC2CC1C2(C)C. The van der Waals surface area contributed by atoms with E-state index >= 15 is 4.39 Å². The first kappa shape index (κ1) is 22.4. The Kier molecular flexibility index (Phi) is 4.91. The molecule has 172 valence electrons. The molecule has 0 aromatic heterocycles. The van der Waals surface area contributed by atoms with Crippen LogP contribution in [0.3, 0.4) is 0 Å². The number of hydrogen-bond donors (Lipinski definition) is 0. The van der Waals surface area contributed by atoms with Crippen molar-refractivity contribution in [3.8, 4) is 0 Å². The van der Waals surface area contributed by atoms with E-state index in [9.17, 15) is 26.3 Å². The lowest BCUT2D eigenvalue weighted by molar-refractivity contribution is -0.431. The number of fused-ring (bicyclic) bond motifs is 4. The molecule has 0 saturated heterocycles. The molecular weight excluding hydrogens is 417 g/mol. The van der Waals surface area contributed by atoms with Crippen molar-refractivity contribution < 1.29 is 40.2 Å². The fraction of sp³-hybridized carbons (Fsp3) is 0.905. The number of rotatable bonds is 5. The fourth-order valence-corrected chi connectivity index (χ4v) is 6.65. The van der Waals surface area contributed by atoms with E-state index in [1.54, 1.807) is 0 Å². The molecule has 0 aromatic carbocycles. The number of halogens is 7. The largest absolute Gasteiger partial charge is 0.429 e. The van der Waals surface area contributed by atoms with Gasteiger partial charge < -0.3 is 9.47 Å². The Morgan fingerprint density at radius 2 is 1.60 bits per heavy atom. The van der Waals surface area contributed by atoms with Gasteiger partial charge in [0.1, 0.15) is 6.79 Å². The zero-order valence-electron chi connectivity index (χ0n) is 17.1. The molecule has 0 amide bonds. The second kappa shape index (κ2) is 6.59. The molecule has 4 fully saturated rings. The number of allylic oxidation sites excluding steroid dienone is 2. The summed E-state index contributed by atoms with van der Waals surface area (Å²) in [5.74, 6) is -1.57. The van der Waals surface area contributed by atoms with Gasteiger partial charge in [-0.15, -0.1) is 0 Å². The summed E-state index contributed by atoms with van der Waals surface area (Å²) in [5, 5.41) is 0. The van der Waals surface area contributed by atoms with Crippen LogP contribution in [-0.2, 0) is 9.47 Å². The molecule has 4 bridgehead atoms. The first-order chi connectivity index (χ1) is 13.6. The molecular formula is C21H27F7O2. The van der Waals surface area contributed by atoms with Crippen LogP contribution in [0.4, 0.5) is 30.7 Å². The van der Waals surface area contributed by atoms with Gasteiger partial charge in [0, 0.05) is 5.92 Å². The Morgan fingerprint density at radius 3 is 2.03 bits per heavy atom. The van der Waals surface area contributed by atoms with Crippen LogP contribution < -0.4 is 0 Å². The van der Waals surface area contributed by atoms with E-state index in [1.807, 2.05) is 6.92 Å². The average Bonchev–Trinajstić information content (AvgIpc) is 3.17. The Balaban J connectivity index is 1.55. The van der Waals surface area contributed by atoms with Crippen molar-refractivity contribution in [3.05, 3.63) is 12.2 Å². The van der Waals surface area contributed by atoms with Crippen LogP contribution in [0.15, 0.2) is 12.2 Å². The molecule has 0 N–H and O–H groups in total. The van der Waals surface area contributed by atoms with Crippen LogP contribution in [0.25, 0.3) is 0 Å². The monoisotopic (exact) mass is 444 g/mol. The summed E-state index contributed by atoms with van der Waals surface area (Å²) in [7, 11) is 0. The topological polar surface area (TPSA) is 18.5 Å². The lowest BCUT2D eigenvalue weighted by atomic mass is 9.45. The van der Waals surface area contributed by atoms with Gasteiger partial charge in [0.15, 0.2) is 5.67 Å². The summed E-state index contributed by atoms with van der Waals surface area (Å²) in [6, 6.07) is 0. The molecule has 0 spiro atoms. The molecule has 0 heterocycles. The maximum Gasteiger partial charge on any atom is 0.429 e. The van der Waals surface area contributed by atoms with Crippen LogP contribution in [0.2, 0.25) is 0 Å². The highest BCUT2D eigenvalue weighted by Crippen LogP contribution is 2.64. The quantitative estimate of drug-likeness (QED) is 0.285. The summed E-state index contributed by atoms with van der Waals surface area (Å²) in [6.07, 6.45) is -9.29. The smallest absolute Gasteiger partial charge is 0.352 e. The highest BCUT2D eigenvalue weighted by molar-refractivity contribution is 5.26. The number of hydrogen-bond acceptors (Lipinski definition) is 2. The lowest BCUT2D eigenvalue weighted by Gasteiger charge is -2.61. The third kappa shape index (κ3) is 2.82. The summed E-state index contributed by atoms with van der Waals surface area (Å²) in [6.45, 7) is 4.87. The van der Waals surface area contributed by atoms with Gasteiger partial charge in [-0.1, -0.05) is 32.9 Å². The van der Waals surface area contributed by atoms with E-state index in [4.69, 9.17) is 4.74 Å². The highest BCUT2D eigenvalue weighted by atomic mass is 19.4. The molecule has 9 heteroatoms. The van der Waals surface area contributed by atoms with E-state index < -0.39 is 54.8 Å². The van der Waals surface area contributed by atoms with E-state index in [1.165, 1.54) is 6.08 Å². The predicted molar refractivity (Wildman–Crippen MR) is 94.0 cm³/mol. The summed E-state index contributed by atoms with van der Waals surface area (Å²) >= 11 is 0. The first-order valence-electron chi connectivity index (χ1n) is 10.4. The van der Waals surface area contributed by atoms with Crippen molar-refractivity contribution in [1.29, 1.82) is 0 Å². The van der Waals surface area contributed by atoms with Gasteiger partial charge in [0.05, 0.1) is 6.10 Å². The minimum atomic E-state index is -5.98. The zero-order chi connectivity index (χ0) is 22.3. The van der Waals surface area contributed by atoms with E-state index in [2.05, 4.69) is 18.6 Å². The third-order valence-corrected chi connectivity index (χ3v) is 8.54. The Labute approximate surface area is 171 Å². The minimum absolute atomic E-state index is 0.0236. The Bertz CT molecular complexity index is 699. The number of alkyl halides is 7. The third-order valence-electron chi connectivity index (χ3n) is 8.54. The molecule has 0 radical (unpaired) electrons. The van der Waals surface area contributed by atoms with Gasteiger partial charge in [0.2, 0.25) is 0 Å². The van der Waals surface area contributed by atoms with Crippen molar-refractivity contribution >= 4 is 0 Å². The van der Waals surface area contributed by atoms with Crippen LogP contribution >= 0.6 is 0 Å². The second-order valence-corrected chi connectivity index (χ2v) is 10.2. The summed E-state index contributed by atoms with van der Waals surface area (Å²) in [4.78, 5) is 0. The van der Waals surface area contributed by atoms with E-state index in [0.29, 0.717) is 18.3 Å². The first-order valence-corrected chi connectivity index (χ1v) is 10.4. The standard InChI is InChI=1S/C21H27F7O2/c1-11-15-7-14(17(15,2)3)8-16(11)29-10-30-19(20(23,24)25,21(26,27)28)18(22)9-12-4-5-13(18)6-12/h4-5,11-16H,6-10H2,1-3H3. The molecule has 0 aromatic rings. The molecule has 5 rings (SSSR count). The second-order valence-electron chi connectivity index (χ2n) is 10.2. The van der Waals surface area contributed by atoms with Crippen LogP contribution in [-0.4, -0.2) is 36.5 Å². The van der Waals surface area contributed by atoms with Gasteiger partial charge in [-0.25, -0.2) is 4.39 Å². The molecule has 5 aliphatic carbocycles. The van der Waals surface area contributed by atoms with Gasteiger partial charge in [0.25, 0.3) is 5.60 Å². The summed E-state index contributed by atoms with van der Waals surface area (Å²) in [5.41, 5.74) is -8.45. The molecule has 30 heavy (non-hydrogen) atoms. The van der Waals surface area contributed by atoms with Crippen LogP contribution in [0.1, 0.15) is 46.5 Å². The van der Waals surface area contributed by atoms with E-state index in [0.717, 1.165) is 12.5 Å². The van der Waals surface area contributed by atoms with Crippen molar-refractivity contribution in [2.75, 3.05) is 6.79 Å². The molecule has 4 saturated carbocycles. The van der Waals surface area contributed by atoms with Crippen molar-refractivity contribution in [3.63, 3.8) is 0 Å². The lowest BCUT2D eigenvalue weighted by Crippen LogP contribution is -2.72. The molecule has 0 aliphatic heterocycles. The predicted octanol–water partition coefficient (Wildman–Crippen LogP) is 6.22. The van der Waals surface area contributed by atoms with Gasteiger partial charge in [-0.2, -0.15) is 26.3 Å². The molecule has 7 unspecified atom stereocenters. The molecule has 5 aliphatic rings. The van der Waals surface area contributed by atoms with Crippen LogP contribution in [0, 0.1) is 35.0 Å². The van der Waals surface area contributed by atoms with Gasteiger partial charge in [-0.05, 0) is 54.8 Å². The maximum atomic E-state index is 15.7. The highest BCUT2D eigenvalue weighted by Gasteiger charge is 2.85. The zero-order valence-corrected chi connectivity index (χ0v) is 17.1. The summed E-state index contributed by atoms with van der Waals surface area (Å²) < 4.78 is 109. The van der Waals surface area contributed by atoms with Crippen LogP contribution in [0.5, 0.6) is 0 Å². The van der Waals surface area contributed by atoms with Gasteiger partial charge in [-0.3, -0.25) is 0 Å². The molecule has 2 nitrogen and oxygen atoms in total. The Morgan fingerprint density at radius 1 is 0.967 bits per heavy atom. The minimum Gasteiger partial charge on any atom is -0.352 e. The normalized spacial score (nSPS) is 42.5. The molecule has 7 atom stereocenters. The van der Waals surface area contributed by atoms with Gasteiger partial charge >= 0.3 is 12.4 Å². The van der Waals surface area contributed by atoms with Crippen molar-refractivity contribution in [1.82, 2.24) is 0 Å². The number of ether oxygens (including phenoxy) is 2. The van der Waals surface area contributed by atoms with Crippen molar-refractivity contribution in [2.45, 2.75) is 76.2 Å². The Hall–Kier alpha value is -0.830. The fourth-order valence-electron chi connectivity index (χ4n) is 6.65. The van der Waals surface area contributed by atoms with E-state index in [-0.39, 0.29) is 17.8 Å². The average molecular weight is 444 g/mol. The van der Waals surface area contributed by atoms with Crippen molar-refractivity contribution in [2.24, 2.45) is 35.0 Å².